The van der Waals surface area contributed by atoms with Crippen molar-refractivity contribution in [3.63, 3.8) is 0 Å². The predicted octanol–water partition coefficient (Wildman–Crippen LogP) is 9.18. The van der Waals surface area contributed by atoms with Crippen molar-refractivity contribution in [1.82, 2.24) is 5.32 Å². The molecule has 0 spiro atoms. The topological polar surface area (TPSA) is 91.1 Å². The summed E-state index contributed by atoms with van der Waals surface area (Å²) in [6.07, 6.45) is 8.55. The maximum atomic E-state index is 13.6. The number of halogens is 3. The molecular weight excluding hydrogens is 548 g/mol. The van der Waals surface area contributed by atoms with Crippen LogP contribution in [-0.2, 0) is 4.79 Å². The number of nitrogens with zero attached hydrogens (tertiary/aromatic N) is 2. The molecule has 0 aliphatic heterocycles. The summed E-state index contributed by atoms with van der Waals surface area (Å²) in [5, 5.41) is 12.2. The maximum absolute atomic E-state index is 13.6. The zero-order chi connectivity index (χ0) is 30.9. The molecule has 0 aliphatic rings. The lowest BCUT2D eigenvalue weighted by Gasteiger charge is -2.15. The second-order valence-electron chi connectivity index (χ2n) is 8.90. The molecule has 6 nitrogen and oxygen atoms in total. The predicted molar refractivity (Wildman–Crippen MR) is 165 cm³/mol. The first-order chi connectivity index (χ1) is 19.5. The van der Waals surface area contributed by atoms with Crippen LogP contribution in [0.4, 0.5) is 20.2 Å². The van der Waals surface area contributed by atoms with E-state index in [4.69, 9.17) is 16.7 Å². The van der Waals surface area contributed by atoms with Gasteiger partial charge in [0.2, 0.25) is 0 Å². The molecule has 0 saturated heterocycles. The first-order valence-corrected chi connectivity index (χ1v) is 13.7. The molecule has 2 aromatic rings. The van der Waals surface area contributed by atoms with Gasteiger partial charge in [0.25, 0.3) is 5.91 Å². The molecule has 2 aromatic carbocycles. The molecule has 0 aromatic heterocycles. The lowest BCUT2D eigenvalue weighted by atomic mass is 10.1. The van der Waals surface area contributed by atoms with Gasteiger partial charge in [-0.25, -0.2) is 8.78 Å². The fourth-order valence-electron chi connectivity index (χ4n) is 3.45. The molecule has 1 unspecified atom stereocenters. The van der Waals surface area contributed by atoms with Crippen LogP contribution in [0.2, 0.25) is 0 Å². The molecule has 2 rings (SSSR count). The van der Waals surface area contributed by atoms with E-state index >= 15 is 0 Å². The van der Waals surface area contributed by atoms with Gasteiger partial charge < -0.3 is 10.4 Å². The quantitative estimate of drug-likeness (QED) is 0.139. The fraction of sp³-hybridized carbons (Fsp3) is 0.312. The van der Waals surface area contributed by atoms with E-state index in [1.165, 1.54) is 6.07 Å². The summed E-state index contributed by atoms with van der Waals surface area (Å²) < 4.78 is 26.9. The van der Waals surface area contributed by atoms with Crippen molar-refractivity contribution >= 4 is 46.8 Å². The minimum Gasteiger partial charge on any atom is -0.481 e. The highest BCUT2D eigenvalue weighted by molar-refractivity contribution is 6.29. The highest BCUT2D eigenvalue weighted by Crippen LogP contribution is 2.30. The van der Waals surface area contributed by atoms with Gasteiger partial charge in [0.15, 0.2) is 11.6 Å². The Labute approximate surface area is 246 Å². The molecule has 0 saturated carbocycles. The van der Waals surface area contributed by atoms with Gasteiger partial charge in [-0.15, -0.1) is 0 Å². The summed E-state index contributed by atoms with van der Waals surface area (Å²) in [6, 6.07) is 7.76. The second kappa shape index (κ2) is 18.4. The SMILES string of the molecule is C=C/C(C=Nc1ccc(C(=O)NC(C)c2ccc(F)c(F)c2)cc1N=C(C)CCCCC(=O)O)=C\C=C(/C)Cl.CC. The van der Waals surface area contributed by atoms with Gasteiger partial charge in [-0.2, -0.15) is 0 Å². The first-order valence-electron chi connectivity index (χ1n) is 13.4. The summed E-state index contributed by atoms with van der Waals surface area (Å²) in [4.78, 5) is 33.0. The van der Waals surface area contributed by atoms with Crippen LogP contribution in [0.25, 0.3) is 0 Å². The number of nitrogens with one attached hydrogen (secondary N) is 1. The Hall–Kier alpha value is -3.91. The van der Waals surface area contributed by atoms with E-state index in [2.05, 4.69) is 21.9 Å². The highest BCUT2D eigenvalue weighted by Gasteiger charge is 2.15. The van der Waals surface area contributed by atoms with E-state index in [1.807, 2.05) is 20.8 Å². The lowest BCUT2D eigenvalue weighted by Crippen LogP contribution is -2.26. The molecule has 41 heavy (non-hydrogen) atoms. The third-order valence-electron chi connectivity index (χ3n) is 5.61. The fourth-order valence-corrected chi connectivity index (χ4v) is 3.51. The number of allylic oxidation sites excluding steroid dienone is 5. The van der Waals surface area contributed by atoms with Gasteiger partial charge >= 0.3 is 5.97 Å². The Bertz CT molecular complexity index is 1330. The Morgan fingerprint density at radius 3 is 2.32 bits per heavy atom. The third-order valence-corrected chi connectivity index (χ3v) is 5.74. The van der Waals surface area contributed by atoms with Crippen molar-refractivity contribution < 1.29 is 23.5 Å². The average Bonchev–Trinajstić information content (AvgIpc) is 2.94. The molecule has 0 bridgehead atoms. The number of carbonyl (C=O) groups is 2. The van der Waals surface area contributed by atoms with Gasteiger partial charge in [-0.3, -0.25) is 19.6 Å². The normalized spacial score (nSPS) is 12.9. The molecule has 9 heteroatoms. The molecule has 1 atom stereocenters. The van der Waals surface area contributed by atoms with E-state index in [0.717, 1.165) is 17.8 Å². The number of benzene rings is 2. The van der Waals surface area contributed by atoms with E-state index in [1.54, 1.807) is 56.5 Å². The average molecular weight is 586 g/mol. The molecule has 0 heterocycles. The lowest BCUT2D eigenvalue weighted by molar-refractivity contribution is -0.137. The highest BCUT2D eigenvalue weighted by atomic mass is 35.5. The van der Waals surface area contributed by atoms with Gasteiger partial charge in [-0.1, -0.05) is 50.2 Å². The van der Waals surface area contributed by atoms with E-state index in [9.17, 15) is 18.4 Å². The van der Waals surface area contributed by atoms with E-state index in [0.29, 0.717) is 52.4 Å². The van der Waals surface area contributed by atoms with Crippen molar-refractivity contribution in [1.29, 1.82) is 0 Å². The summed E-state index contributed by atoms with van der Waals surface area (Å²) in [7, 11) is 0. The van der Waals surface area contributed by atoms with Crippen molar-refractivity contribution in [3.05, 3.63) is 94.6 Å². The van der Waals surface area contributed by atoms with Crippen LogP contribution >= 0.6 is 11.6 Å². The van der Waals surface area contributed by atoms with E-state index in [-0.39, 0.29) is 6.42 Å². The number of rotatable bonds is 13. The third kappa shape index (κ3) is 12.9. The second-order valence-corrected chi connectivity index (χ2v) is 9.50. The number of unbranched alkanes of at least 4 members (excludes halogenated alkanes) is 1. The van der Waals surface area contributed by atoms with Crippen LogP contribution in [0.5, 0.6) is 0 Å². The van der Waals surface area contributed by atoms with Crippen molar-refractivity contribution in [2.24, 2.45) is 9.98 Å². The van der Waals surface area contributed by atoms with Gasteiger partial charge in [0.05, 0.1) is 17.4 Å². The molecule has 1 amide bonds. The van der Waals surface area contributed by atoms with Gasteiger partial charge in [0, 0.05) is 28.9 Å². The van der Waals surface area contributed by atoms with Crippen molar-refractivity contribution in [3.8, 4) is 0 Å². The Morgan fingerprint density at radius 2 is 1.71 bits per heavy atom. The van der Waals surface area contributed by atoms with Crippen LogP contribution in [0.15, 0.2) is 81.8 Å². The minimum atomic E-state index is -0.990. The number of aliphatic imine (C=N–C) groups is 2. The number of amides is 1. The zero-order valence-electron chi connectivity index (χ0n) is 24.2. The Balaban J connectivity index is 0.00000411. The monoisotopic (exact) mass is 585 g/mol. The van der Waals surface area contributed by atoms with Crippen LogP contribution < -0.4 is 5.32 Å². The standard InChI is InChI=1S/C30H32ClF2N3O3.C2H6/c1-5-22(11-10-19(2)31)18-34-27-15-13-24(17-28(27)35-20(3)8-6-7-9-29(37)38)30(39)36-21(4)23-12-14-25(32)26(33)16-23;1-2/h5,10-18,21H,1,6-9H2,2-4H3,(H,36,39)(H,37,38);1-2H3/b19-10+,22-11+,34-18?,35-20?;. The summed E-state index contributed by atoms with van der Waals surface area (Å²) >= 11 is 5.90. The van der Waals surface area contributed by atoms with Crippen molar-refractivity contribution in [2.45, 2.75) is 66.3 Å². The molecular formula is C32H38ClF2N3O3. The van der Waals surface area contributed by atoms with Crippen LogP contribution in [0.3, 0.4) is 0 Å². The van der Waals surface area contributed by atoms with E-state index < -0.39 is 29.6 Å². The molecule has 2 N–H and O–H groups in total. The number of carboxylic acid groups (broad SMARTS) is 1. The number of carbonyl (C=O) groups excluding carboxylic acids is 1. The van der Waals surface area contributed by atoms with Crippen LogP contribution in [0.1, 0.15) is 82.3 Å². The first kappa shape index (κ1) is 35.1. The molecule has 0 fully saturated rings. The smallest absolute Gasteiger partial charge is 0.303 e. The zero-order valence-corrected chi connectivity index (χ0v) is 24.9. The largest absolute Gasteiger partial charge is 0.481 e. The van der Waals surface area contributed by atoms with Crippen molar-refractivity contribution in [2.75, 3.05) is 0 Å². The Morgan fingerprint density at radius 1 is 1.02 bits per heavy atom. The molecule has 220 valence electrons. The summed E-state index contributed by atoms with van der Waals surface area (Å²) in [5.74, 6) is -3.22. The maximum Gasteiger partial charge on any atom is 0.303 e. The van der Waals surface area contributed by atoms with Crippen LogP contribution in [-0.4, -0.2) is 28.9 Å². The van der Waals surface area contributed by atoms with Gasteiger partial charge in [-0.05, 0) is 87.6 Å². The number of hydrogen-bond donors (Lipinski definition) is 2. The number of carboxylic acids is 1. The molecule has 0 aliphatic carbocycles. The number of hydrogen-bond acceptors (Lipinski definition) is 4. The van der Waals surface area contributed by atoms with Gasteiger partial charge in [0.1, 0.15) is 0 Å². The Kier molecular flexibility index (Phi) is 15.8. The molecule has 0 radical (unpaired) electrons. The minimum absolute atomic E-state index is 0.0848. The summed E-state index contributed by atoms with van der Waals surface area (Å²) in [5.41, 5.74) is 3.14. The van der Waals surface area contributed by atoms with Crippen LogP contribution in [0, 0.1) is 11.6 Å². The summed E-state index contributed by atoms with van der Waals surface area (Å²) in [6.45, 7) is 13.0. The number of aliphatic carboxylic acids is 1.